The van der Waals surface area contributed by atoms with Crippen LogP contribution in [0, 0.1) is 6.92 Å². The molecule has 4 rings (SSSR count). The summed E-state index contributed by atoms with van der Waals surface area (Å²) >= 11 is 9.32. The Morgan fingerprint density at radius 1 is 1.18 bits per heavy atom. The van der Waals surface area contributed by atoms with Crippen LogP contribution in [0.3, 0.4) is 0 Å². The van der Waals surface area contributed by atoms with Crippen molar-refractivity contribution in [3.63, 3.8) is 0 Å². The van der Waals surface area contributed by atoms with Gasteiger partial charge in [0.1, 0.15) is 11.5 Å². The van der Waals surface area contributed by atoms with Gasteiger partial charge in [-0.15, -0.1) is 0 Å². The van der Waals surface area contributed by atoms with E-state index in [0.29, 0.717) is 34.5 Å². The van der Waals surface area contributed by atoms with E-state index >= 15 is 0 Å². The zero-order valence-corrected chi connectivity index (χ0v) is 23.2. The zero-order chi connectivity index (χ0) is 27.2. The summed E-state index contributed by atoms with van der Waals surface area (Å²) in [5, 5.41) is 11.8. The van der Waals surface area contributed by atoms with Gasteiger partial charge in [-0.1, -0.05) is 23.7 Å². The van der Waals surface area contributed by atoms with Crippen LogP contribution in [0.2, 0.25) is 5.02 Å². The summed E-state index contributed by atoms with van der Waals surface area (Å²) in [7, 11) is 0. The van der Waals surface area contributed by atoms with Gasteiger partial charge in [-0.2, -0.15) is 10.2 Å². The maximum atomic E-state index is 12.6. The van der Waals surface area contributed by atoms with Crippen molar-refractivity contribution in [2.75, 3.05) is 5.32 Å². The lowest BCUT2D eigenvalue weighted by molar-refractivity contribution is -0.122. The van der Waals surface area contributed by atoms with Crippen LogP contribution in [0.1, 0.15) is 41.3 Å². The van der Waals surface area contributed by atoms with E-state index in [1.54, 1.807) is 79.3 Å². The van der Waals surface area contributed by atoms with E-state index in [0.717, 1.165) is 15.6 Å². The molecule has 0 saturated carbocycles. The van der Waals surface area contributed by atoms with E-state index in [1.807, 2.05) is 13.1 Å². The van der Waals surface area contributed by atoms with Crippen molar-refractivity contribution in [1.82, 2.24) is 15.2 Å². The van der Waals surface area contributed by atoms with Crippen molar-refractivity contribution in [1.29, 1.82) is 0 Å². The molecule has 1 atom stereocenters. The van der Waals surface area contributed by atoms with Crippen LogP contribution < -0.4 is 15.5 Å². The molecular weight excluding hydrogens is 574 g/mol. The van der Waals surface area contributed by atoms with E-state index < -0.39 is 12.0 Å². The van der Waals surface area contributed by atoms with Crippen molar-refractivity contribution in [3.8, 4) is 5.75 Å². The van der Waals surface area contributed by atoms with Crippen LogP contribution in [-0.4, -0.2) is 33.4 Å². The number of nitrogens with zero attached hydrogens (tertiary/aromatic N) is 3. The number of carbonyl (C=O) groups is 2. The molecule has 11 heteroatoms. The van der Waals surface area contributed by atoms with Crippen LogP contribution in [-0.2, 0) is 11.3 Å². The third kappa shape index (κ3) is 7.11. The predicted octanol–water partition coefficient (Wildman–Crippen LogP) is 5.81. The molecule has 0 aliphatic carbocycles. The Morgan fingerprint density at radius 3 is 2.63 bits per heavy atom. The van der Waals surface area contributed by atoms with Gasteiger partial charge in [0, 0.05) is 16.9 Å². The van der Waals surface area contributed by atoms with Gasteiger partial charge in [0.05, 0.1) is 22.9 Å². The van der Waals surface area contributed by atoms with Crippen molar-refractivity contribution in [2.24, 2.45) is 5.10 Å². The summed E-state index contributed by atoms with van der Waals surface area (Å²) in [5.41, 5.74) is 5.31. The van der Waals surface area contributed by atoms with Crippen molar-refractivity contribution in [3.05, 3.63) is 99.1 Å². The van der Waals surface area contributed by atoms with Crippen LogP contribution in [0.5, 0.6) is 5.75 Å². The fourth-order valence-electron chi connectivity index (χ4n) is 3.45. The lowest BCUT2D eigenvalue weighted by atomic mass is 10.1. The molecule has 2 aromatic heterocycles. The number of benzene rings is 2. The van der Waals surface area contributed by atoms with Crippen LogP contribution in [0.25, 0.3) is 0 Å². The molecule has 4 aromatic rings. The molecule has 2 N–H and O–H groups in total. The first-order chi connectivity index (χ1) is 18.2. The third-order valence-corrected chi connectivity index (χ3v) is 6.15. The monoisotopic (exact) mass is 597 g/mol. The number of aryl methyl sites for hydroxylation is 1. The molecule has 9 nitrogen and oxygen atoms in total. The number of carbonyl (C=O) groups excluding carboxylic acids is 2. The Kier molecular flexibility index (Phi) is 8.65. The number of nitrogens with one attached hydrogen (secondary N) is 2. The highest BCUT2D eigenvalue weighted by atomic mass is 79.9. The normalized spacial score (nSPS) is 12.2. The van der Waals surface area contributed by atoms with Crippen LogP contribution in [0.4, 0.5) is 5.69 Å². The van der Waals surface area contributed by atoms with Gasteiger partial charge in [0.25, 0.3) is 5.91 Å². The first kappa shape index (κ1) is 27.2. The SMILES string of the molecule is C/C(=N\NC(=O)c1ccc(Cn2cc(Br)cn2)o1)c1ccc(NC(=O)[C@@H](C)Oc2ccc(Cl)cc2C)cc1. The first-order valence-electron chi connectivity index (χ1n) is 11.6. The Morgan fingerprint density at radius 2 is 1.95 bits per heavy atom. The molecule has 0 bridgehead atoms. The van der Waals surface area contributed by atoms with Gasteiger partial charge in [0.2, 0.25) is 0 Å². The maximum absolute atomic E-state index is 12.6. The van der Waals surface area contributed by atoms with Gasteiger partial charge in [-0.05, 0) is 90.3 Å². The number of halogens is 2. The molecule has 196 valence electrons. The van der Waals surface area contributed by atoms with Crippen molar-refractivity contribution < 1.29 is 18.7 Å². The van der Waals surface area contributed by atoms with Gasteiger partial charge >= 0.3 is 5.91 Å². The Balaban J connectivity index is 1.30. The molecule has 2 aromatic carbocycles. The fraction of sp³-hybridized carbons (Fsp3) is 0.185. The van der Waals surface area contributed by atoms with Crippen molar-refractivity contribution in [2.45, 2.75) is 33.4 Å². The number of amides is 2. The molecule has 0 radical (unpaired) electrons. The smallest absolute Gasteiger partial charge is 0.307 e. The van der Waals surface area contributed by atoms with E-state index in [1.165, 1.54) is 0 Å². The van der Waals surface area contributed by atoms with E-state index in [4.69, 9.17) is 20.8 Å². The molecular formula is C27H25BrClN5O4. The maximum Gasteiger partial charge on any atom is 0.307 e. The number of hydrogen-bond donors (Lipinski definition) is 2. The topological polar surface area (TPSA) is 111 Å². The second kappa shape index (κ2) is 12.1. The first-order valence-corrected chi connectivity index (χ1v) is 12.8. The summed E-state index contributed by atoms with van der Waals surface area (Å²) in [5.74, 6) is 0.574. The Labute approximate surface area is 232 Å². The highest BCUT2D eigenvalue weighted by Crippen LogP contribution is 2.23. The van der Waals surface area contributed by atoms with Crippen LogP contribution in [0.15, 0.2) is 81.0 Å². The summed E-state index contributed by atoms with van der Waals surface area (Å²) in [6.07, 6.45) is 2.77. The van der Waals surface area contributed by atoms with Gasteiger partial charge in [-0.25, -0.2) is 5.43 Å². The van der Waals surface area contributed by atoms with Gasteiger partial charge in [0.15, 0.2) is 11.9 Å². The van der Waals surface area contributed by atoms with Crippen LogP contribution >= 0.6 is 27.5 Å². The predicted molar refractivity (Wildman–Crippen MR) is 149 cm³/mol. The minimum Gasteiger partial charge on any atom is -0.481 e. The lowest BCUT2D eigenvalue weighted by Gasteiger charge is -2.16. The van der Waals surface area contributed by atoms with Gasteiger partial charge < -0.3 is 14.5 Å². The molecule has 0 saturated heterocycles. The molecule has 38 heavy (non-hydrogen) atoms. The highest BCUT2D eigenvalue weighted by Gasteiger charge is 2.16. The summed E-state index contributed by atoms with van der Waals surface area (Å²) < 4.78 is 13.9. The minimum absolute atomic E-state index is 0.144. The van der Waals surface area contributed by atoms with E-state index in [-0.39, 0.29) is 11.7 Å². The minimum atomic E-state index is -0.711. The average Bonchev–Trinajstić information content (AvgIpc) is 3.53. The number of aromatic nitrogens is 2. The summed E-state index contributed by atoms with van der Waals surface area (Å²) in [6, 6.07) is 15.6. The average molecular weight is 599 g/mol. The standard InChI is InChI=1S/C27H25BrClN5O4/c1-16-12-21(29)6-10-24(16)37-18(3)26(35)31-22-7-4-19(5-8-22)17(2)32-33-27(36)25-11-9-23(38-25)15-34-14-20(28)13-30-34/h4-14,18H,15H2,1-3H3,(H,31,35)(H,33,36)/b32-17+/t18-/m1/s1. The Hall–Kier alpha value is -3.89. The molecule has 2 heterocycles. The molecule has 0 aliphatic rings. The molecule has 0 aliphatic heterocycles. The van der Waals surface area contributed by atoms with E-state index in [2.05, 4.69) is 36.9 Å². The number of hydrogen-bond acceptors (Lipinski definition) is 6. The van der Waals surface area contributed by atoms with Gasteiger partial charge in [-0.3, -0.25) is 14.3 Å². The quantitative estimate of drug-likeness (QED) is 0.187. The Bertz CT molecular complexity index is 1480. The number of rotatable bonds is 9. The summed E-state index contributed by atoms with van der Waals surface area (Å²) in [4.78, 5) is 25.0. The highest BCUT2D eigenvalue weighted by molar-refractivity contribution is 9.10. The molecule has 0 spiro atoms. The summed E-state index contributed by atoms with van der Waals surface area (Å²) in [6.45, 7) is 5.71. The molecule has 0 fully saturated rings. The lowest BCUT2D eigenvalue weighted by Crippen LogP contribution is -2.30. The number of anilines is 1. The fourth-order valence-corrected chi connectivity index (χ4v) is 4.01. The molecule has 2 amide bonds. The number of ether oxygens (including phenoxy) is 1. The number of hydrazone groups is 1. The third-order valence-electron chi connectivity index (χ3n) is 5.51. The zero-order valence-electron chi connectivity index (χ0n) is 20.9. The van der Waals surface area contributed by atoms with Crippen molar-refractivity contribution >= 4 is 50.7 Å². The second-order valence-corrected chi connectivity index (χ2v) is 9.85. The molecule has 0 unspecified atom stereocenters. The largest absolute Gasteiger partial charge is 0.481 e. The second-order valence-electron chi connectivity index (χ2n) is 8.50. The number of furan rings is 1. The van der Waals surface area contributed by atoms with E-state index in [9.17, 15) is 9.59 Å².